The van der Waals surface area contributed by atoms with Crippen molar-refractivity contribution in [2.75, 3.05) is 19.8 Å². The van der Waals surface area contributed by atoms with Crippen LogP contribution in [0.1, 0.15) is 27.7 Å². The number of hydrogen-bond donors (Lipinski definition) is 0. The predicted molar refractivity (Wildman–Crippen MR) is 114 cm³/mol. The third kappa shape index (κ3) is 7.96. The van der Waals surface area contributed by atoms with Gasteiger partial charge >= 0.3 is 23.9 Å². The lowest BCUT2D eigenvalue weighted by Crippen LogP contribution is -2.62. The third-order valence-corrected chi connectivity index (χ3v) is 5.00. The van der Waals surface area contributed by atoms with E-state index in [-0.39, 0.29) is 19.8 Å². The van der Waals surface area contributed by atoms with Gasteiger partial charge in [0.25, 0.3) is 0 Å². The van der Waals surface area contributed by atoms with Gasteiger partial charge < -0.3 is 33.2 Å². The largest absolute Gasteiger partial charge is 0.463 e. The van der Waals surface area contributed by atoms with E-state index in [9.17, 15) is 24.7 Å². The zero-order valence-corrected chi connectivity index (χ0v) is 19.9. The van der Waals surface area contributed by atoms with Crippen LogP contribution < -0.4 is 0 Å². The summed E-state index contributed by atoms with van der Waals surface area (Å²) in [6, 6.07) is -1.40. The molecule has 8 atom stereocenters. The van der Waals surface area contributed by atoms with Crippen molar-refractivity contribution < 1.29 is 52.3 Å². The van der Waals surface area contributed by atoms with E-state index in [1.54, 1.807) is 0 Å². The van der Waals surface area contributed by atoms with Crippen LogP contribution in [0.4, 0.5) is 0 Å². The number of rotatable bonds is 10. The fraction of sp³-hybridized carbons (Fsp3) is 0.789. The Kier molecular flexibility index (Phi) is 10.7. The predicted octanol–water partition coefficient (Wildman–Crippen LogP) is 0.843. The first-order valence-electron chi connectivity index (χ1n) is 10.7. The summed E-state index contributed by atoms with van der Waals surface area (Å²) in [5.74, 6) is -2.81. The number of esters is 4. The number of azide groups is 2. The monoisotopic (exact) mass is 514 g/mol. The standard InChI is InChI=1S/C19H26N6O11/c1-8(26)30-6-13-16(14(7-31-13)32-9(2)27)36-19-15(23-25-21)18(34-11(4)29)17(33-10(3)28)12(35-19)5-22-24-20/h12-19H,5-7H2,1-4H3/t12-,13+,14-,15?,16+,17+,18+,19+/m0/s1. The fourth-order valence-corrected chi connectivity index (χ4v) is 3.74. The minimum absolute atomic E-state index is 0.110. The highest BCUT2D eigenvalue weighted by molar-refractivity contribution is 5.68. The number of carbonyl (C=O) groups is 4. The van der Waals surface area contributed by atoms with Crippen LogP contribution >= 0.6 is 0 Å². The molecule has 2 fully saturated rings. The van der Waals surface area contributed by atoms with Gasteiger partial charge in [-0.25, -0.2) is 0 Å². The highest BCUT2D eigenvalue weighted by Gasteiger charge is 2.52. The molecule has 17 heteroatoms. The molecule has 2 rings (SSSR count). The molecule has 1 unspecified atom stereocenters. The lowest BCUT2D eigenvalue weighted by atomic mass is 9.96. The van der Waals surface area contributed by atoms with Crippen LogP contribution in [0, 0.1) is 0 Å². The highest BCUT2D eigenvalue weighted by Crippen LogP contribution is 2.33. The maximum atomic E-state index is 11.9. The molecular weight excluding hydrogens is 488 g/mol. The average molecular weight is 514 g/mol. The highest BCUT2D eigenvalue weighted by atomic mass is 16.7. The number of hydrogen-bond acceptors (Lipinski definition) is 13. The minimum atomic E-state index is -1.49. The van der Waals surface area contributed by atoms with Gasteiger partial charge in [0.15, 0.2) is 24.6 Å². The first kappa shape index (κ1) is 28.6. The summed E-state index contributed by atoms with van der Waals surface area (Å²) in [4.78, 5) is 51.9. The molecule has 0 aliphatic carbocycles. The molecule has 2 aliphatic heterocycles. The van der Waals surface area contributed by atoms with Crippen molar-refractivity contribution >= 4 is 23.9 Å². The van der Waals surface area contributed by atoms with Crippen molar-refractivity contribution in [1.29, 1.82) is 0 Å². The molecule has 0 aromatic rings. The van der Waals surface area contributed by atoms with E-state index in [0.717, 1.165) is 13.8 Å². The Labute approximate surface area is 204 Å². The molecule has 2 heterocycles. The van der Waals surface area contributed by atoms with E-state index in [4.69, 9.17) is 38.7 Å². The average Bonchev–Trinajstić information content (AvgIpc) is 3.14. The van der Waals surface area contributed by atoms with Gasteiger partial charge in [0.2, 0.25) is 0 Å². The van der Waals surface area contributed by atoms with Crippen LogP contribution in [0.25, 0.3) is 20.9 Å². The molecule has 0 spiro atoms. The first-order chi connectivity index (χ1) is 17.1. The van der Waals surface area contributed by atoms with Crippen molar-refractivity contribution in [2.24, 2.45) is 10.2 Å². The molecule has 0 bridgehead atoms. The van der Waals surface area contributed by atoms with E-state index in [0.29, 0.717) is 0 Å². The van der Waals surface area contributed by atoms with Crippen LogP contribution in [-0.4, -0.2) is 92.6 Å². The molecule has 0 N–H and O–H groups in total. The molecule has 36 heavy (non-hydrogen) atoms. The summed E-state index contributed by atoms with van der Waals surface area (Å²) in [5, 5.41) is 7.06. The maximum absolute atomic E-state index is 11.9. The van der Waals surface area contributed by atoms with Crippen molar-refractivity contribution in [1.82, 2.24) is 0 Å². The second-order valence-corrected chi connectivity index (χ2v) is 7.72. The number of nitrogens with zero attached hydrogens (tertiary/aromatic N) is 6. The zero-order chi connectivity index (χ0) is 26.8. The number of ether oxygens (including phenoxy) is 7. The normalized spacial score (nSPS) is 31.2. The van der Waals surface area contributed by atoms with E-state index in [2.05, 4.69) is 20.1 Å². The van der Waals surface area contributed by atoms with E-state index < -0.39 is 72.8 Å². The van der Waals surface area contributed by atoms with Gasteiger partial charge in [-0.05, 0) is 11.1 Å². The second-order valence-electron chi connectivity index (χ2n) is 7.72. The van der Waals surface area contributed by atoms with E-state index in [1.807, 2.05) is 0 Å². The van der Waals surface area contributed by atoms with Crippen LogP contribution in [0.2, 0.25) is 0 Å². The van der Waals surface area contributed by atoms with Crippen molar-refractivity contribution in [2.45, 2.75) is 76.7 Å². The van der Waals surface area contributed by atoms with Gasteiger partial charge in [0.1, 0.15) is 31.0 Å². The van der Waals surface area contributed by atoms with Gasteiger partial charge in [-0.3, -0.25) is 19.2 Å². The van der Waals surface area contributed by atoms with E-state index >= 15 is 0 Å². The lowest BCUT2D eigenvalue weighted by Gasteiger charge is -2.44. The van der Waals surface area contributed by atoms with Gasteiger partial charge in [-0.2, -0.15) is 0 Å². The Bertz CT molecular complexity index is 935. The molecule has 198 valence electrons. The Hall–Kier alpha value is -3.62. The second kappa shape index (κ2) is 13.5. The van der Waals surface area contributed by atoms with Gasteiger partial charge in [0.05, 0.1) is 13.2 Å². The topological polar surface area (TPSA) is 230 Å². The summed E-state index contributed by atoms with van der Waals surface area (Å²) in [6.45, 7) is 3.80. The number of carbonyl (C=O) groups excluding carboxylic acids is 4. The fourth-order valence-electron chi connectivity index (χ4n) is 3.74. The van der Waals surface area contributed by atoms with Crippen LogP contribution in [0.15, 0.2) is 10.2 Å². The molecule has 2 saturated heterocycles. The molecule has 0 saturated carbocycles. The van der Waals surface area contributed by atoms with Crippen molar-refractivity contribution in [3.8, 4) is 0 Å². The minimum Gasteiger partial charge on any atom is -0.463 e. The molecule has 0 aromatic carbocycles. The third-order valence-electron chi connectivity index (χ3n) is 5.00. The SMILES string of the molecule is CC(=O)OC[C@H]1OC[C@H](OC(C)=O)[C@@H]1O[C@H]1O[C@@H](CN=[N+]=[N-])[C@@H](OC(C)=O)[C@H](OC(C)=O)C1N=[N+]=[N-]. The Morgan fingerprint density at radius 2 is 1.50 bits per heavy atom. The molecule has 2 aliphatic rings. The van der Waals surface area contributed by atoms with Crippen molar-refractivity contribution in [3.05, 3.63) is 20.9 Å². The summed E-state index contributed by atoms with van der Waals surface area (Å²) >= 11 is 0. The van der Waals surface area contributed by atoms with Gasteiger partial charge in [-0.15, -0.1) is 0 Å². The molecule has 17 nitrogen and oxygen atoms in total. The molecule has 0 amide bonds. The van der Waals surface area contributed by atoms with E-state index in [1.165, 1.54) is 13.8 Å². The summed E-state index contributed by atoms with van der Waals surface area (Å²) in [5.41, 5.74) is 17.9. The van der Waals surface area contributed by atoms with Crippen LogP contribution in [0.3, 0.4) is 0 Å². The zero-order valence-electron chi connectivity index (χ0n) is 19.9. The smallest absolute Gasteiger partial charge is 0.303 e. The Morgan fingerprint density at radius 1 is 0.861 bits per heavy atom. The molecule has 0 aromatic heterocycles. The summed E-state index contributed by atoms with van der Waals surface area (Å²) < 4.78 is 38.2. The van der Waals surface area contributed by atoms with Crippen molar-refractivity contribution in [3.63, 3.8) is 0 Å². The van der Waals surface area contributed by atoms with Crippen LogP contribution in [-0.2, 0) is 52.3 Å². The molecule has 0 radical (unpaired) electrons. The first-order valence-corrected chi connectivity index (χ1v) is 10.7. The van der Waals surface area contributed by atoms with Gasteiger partial charge in [0, 0.05) is 37.5 Å². The quantitative estimate of drug-likeness (QED) is 0.130. The lowest BCUT2D eigenvalue weighted by molar-refractivity contribution is -0.285. The summed E-state index contributed by atoms with van der Waals surface area (Å²) in [7, 11) is 0. The molecular formula is C19H26N6O11. The maximum Gasteiger partial charge on any atom is 0.303 e. The van der Waals surface area contributed by atoms with Crippen LogP contribution in [0.5, 0.6) is 0 Å². The Balaban J connectivity index is 2.45. The Morgan fingerprint density at radius 3 is 2.06 bits per heavy atom. The van der Waals surface area contributed by atoms with Gasteiger partial charge in [-0.1, -0.05) is 10.2 Å². The summed E-state index contributed by atoms with van der Waals surface area (Å²) in [6.07, 6.45) is -8.37.